The van der Waals surface area contributed by atoms with Gasteiger partial charge < -0.3 is 5.73 Å². The number of nitrogens with two attached hydrogens (primary N) is 1. The molecule has 0 atom stereocenters. The maximum Gasteiger partial charge on any atom is 0.257 e. The number of rotatable bonds is 4. The van der Waals surface area contributed by atoms with E-state index in [1.165, 1.54) is 16.9 Å². The highest BCUT2D eigenvalue weighted by Crippen LogP contribution is 2.24. The third-order valence-electron chi connectivity index (χ3n) is 2.89. The molecule has 0 spiro atoms. The Balaban J connectivity index is 1.96. The van der Waals surface area contributed by atoms with Crippen LogP contribution in [-0.4, -0.2) is 30.8 Å². The third-order valence-corrected chi connectivity index (χ3v) is 4.38. The maximum absolute atomic E-state index is 11.8. The molecule has 1 fully saturated rings. The van der Waals surface area contributed by atoms with E-state index in [4.69, 9.17) is 5.73 Å². The molecule has 0 amide bonds. The van der Waals surface area contributed by atoms with E-state index in [-0.39, 0.29) is 11.1 Å². The Morgan fingerprint density at radius 3 is 2.81 bits per heavy atom. The highest BCUT2D eigenvalue weighted by molar-refractivity contribution is 7.89. The van der Waals surface area contributed by atoms with E-state index < -0.39 is 10.0 Å². The van der Waals surface area contributed by atoms with Gasteiger partial charge in [-0.25, -0.2) is 13.1 Å². The number of hydrogen-bond acceptors (Lipinski definition) is 4. The Morgan fingerprint density at radius 2 is 2.31 bits per heavy atom. The van der Waals surface area contributed by atoms with E-state index in [1.807, 2.05) is 0 Å². The minimum Gasteiger partial charge on any atom is -0.328 e. The highest BCUT2D eigenvalue weighted by atomic mass is 32.2. The van der Waals surface area contributed by atoms with Gasteiger partial charge in [-0.05, 0) is 24.8 Å². The molecule has 6 nitrogen and oxygen atoms in total. The van der Waals surface area contributed by atoms with Crippen LogP contribution in [0.25, 0.3) is 0 Å². The van der Waals surface area contributed by atoms with Gasteiger partial charge in [0.15, 0.2) is 5.03 Å². The molecule has 0 aliphatic heterocycles. The van der Waals surface area contributed by atoms with Crippen molar-refractivity contribution in [2.24, 2.45) is 18.7 Å². The fourth-order valence-electron chi connectivity index (χ4n) is 1.88. The predicted molar refractivity (Wildman–Crippen MR) is 59.1 cm³/mol. The second-order valence-corrected chi connectivity index (χ2v) is 5.96. The van der Waals surface area contributed by atoms with Gasteiger partial charge in [0.05, 0.1) is 6.20 Å². The summed E-state index contributed by atoms with van der Waals surface area (Å²) in [6.45, 7) is 0.460. The zero-order valence-corrected chi connectivity index (χ0v) is 9.94. The minimum absolute atomic E-state index is 0.191. The number of sulfonamides is 1. The lowest BCUT2D eigenvalue weighted by molar-refractivity contribution is 0.267. The van der Waals surface area contributed by atoms with Crippen molar-refractivity contribution in [1.29, 1.82) is 0 Å². The van der Waals surface area contributed by atoms with E-state index in [0.29, 0.717) is 12.5 Å². The number of nitrogens with one attached hydrogen (secondary N) is 1. The average Bonchev–Trinajstić information content (AvgIpc) is 2.58. The van der Waals surface area contributed by atoms with Crippen LogP contribution in [0.1, 0.15) is 12.8 Å². The Bertz CT molecular complexity index is 462. The van der Waals surface area contributed by atoms with Crippen molar-refractivity contribution in [3.8, 4) is 0 Å². The molecule has 16 heavy (non-hydrogen) atoms. The van der Waals surface area contributed by atoms with Crippen molar-refractivity contribution in [1.82, 2.24) is 14.5 Å². The normalized spacial score (nSPS) is 25.4. The zero-order chi connectivity index (χ0) is 11.8. The topological polar surface area (TPSA) is 90.0 Å². The smallest absolute Gasteiger partial charge is 0.257 e. The molecule has 0 unspecified atom stereocenters. The van der Waals surface area contributed by atoms with Gasteiger partial charge in [0, 0.05) is 19.6 Å². The fraction of sp³-hybridized carbons (Fsp3) is 0.667. The monoisotopic (exact) mass is 244 g/mol. The van der Waals surface area contributed by atoms with Crippen LogP contribution >= 0.6 is 0 Å². The van der Waals surface area contributed by atoms with Crippen molar-refractivity contribution in [2.45, 2.75) is 23.9 Å². The first kappa shape index (κ1) is 11.6. The van der Waals surface area contributed by atoms with Crippen molar-refractivity contribution in [3.05, 3.63) is 12.3 Å². The molecule has 0 radical (unpaired) electrons. The van der Waals surface area contributed by atoms with Crippen LogP contribution in [0.5, 0.6) is 0 Å². The molecule has 1 heterocycles. The average molecular weight is 244 g/mol. The highest BCUT2D eigenvalue weighted by Gasteiger charge is 2.27. The summed E-state index contributed by atoms with van der Waals surface area (Å²) in [7, 11) is -1.82. The Hall–Kier alpha value is -0.920. The van der Waals surface area contributed by atoms with E-state index >= 15 is 0 Å². The van der Waals surface area contributed by atoms with Gasteiger partial charge in [0.2, 0.25) is 0 Å². The van der Waals surface area contributed by atoms with E-state index in [0.717, 1.165) is 12.8 Å². The fourth-order valence-corrected chi connectivity index (χ4v) is 3.12. The quantitative estimate of drug-likeness (QED) is 0.742. The molecule has 1 aliphatic carbocycles. The van der Waals surface area contributed by atoms with Crippen LogP contribution in [0, 0.1) is 5.92 Å². The van der Waals surface area contributed by atoms with Crippen LogP contribution in [0.15, 0.2) is 17.3 Å². The third kappa shape index (κ3) is 2.26. The SMILES string of the molecule is Cn1nccc1S(=O)(=O)NCC1CC(N)C1. The second-order valence-electron chi connectivity index (χ2n) is 4.24. The lowest BCUT2D eigenvalue weighted by Crippen LogP contribution is -2.42. The van der Waals surface area contributed by atoms with Gasteiger partial charge >= 0.3 is 0 Å². The molecular weight excluding hydrogens is 228 g/mol. The van der Waals surface area contributed by atoms with Gasteiger partial charge in [0.25, 0.3) is 10.0 Å². The molecule has 1 saturated carbocycles. The van der Waals surface area contributed by atoms with Crippen LogP contribution in [0.2, 0.25) is 0 Å². The molecule has 3 N–H and O–H groups in total. The van der Waals surface area contributed by atoms with Crippen LogP contribution in [-0.2, 0) is 17.1 Å². The number of aryl methyl sites for hydroxylation is 1. The summed E-state index contributed by atoms with van der Waals surface area (Å²) in [6, 6.07) is 1.72. The second kappa shape index (κ2) is 4.15. The summed E-state index contributed by atoms with van der Waals surface area (Å²) < 4.78 is 27.6. The first-order chi connectivity index (χ1) is 7.49. The van der Waals surface area contributed by atoms with Crippen molar-refractivity contribution in [3.63, 3.8) is 0 Å². The first-order valence-electron chi connectivity index (χ1n) is 5.22. The summed E-state index contributed by atoms with van der Waals surface area (Å²) in [5, 5.41) is 4.02. The van der Waals surface area contributed by atoms with Crippen molar-refractivity contribution >= 4 is 10.0 Å². The Kier molecular flexibility index (Phi) is 3.00. The molecule has 1 aromatic heterocycles. The first-order valence-corrected chi connectivity index (χ1v) is 6.70. The summed E-state index contributed by atoms with van der Waals surface area (Å²) in [6.07, 6.45) is 3.26. The molecule has 0 bridgehead atoms. The maximum atomic E-state index is 11.8. The number of hydrogen-bond donors (Lipinski definition) is 2. The molecule has 1 aromatic rings. The van der Waals surface area contributed by atoms with Gasteiger partial charge in [-0.2, -0.15) is 5.10 Å². The Labute approximate surface area is 94.9 Å². The van der Waals surface area contributed by atoms with Gasteiger partial charge in [-0.1, -0.05) is 0 Å². The summed E-state index contributed by atoms with van der Waals surface area (Å²) in [5.74, 6) is 0.373. The van der Waals surface area contributed by atoms with Gasteiger partial charge in [-0.15, -0.1) is 0 Å². The molecule has 0 saturated heterocycles. The lowest BCUT2D eigenvalue weighted by atomic mass is 9.81. The molecule has 90 valence electrons. The number of nitrogens with zero attached hydrogens (tertiary/aromatic N) is 2. The molecule has 2 rings (SSSR count). The lowest BCUT2D eigenvalue weighted by Gasteiger charge is -2.32. The van der Waals surface area contributed by atoms with E-state index in [9.17, 15) is 8.42 Å². The standard InChI is InChI=1S/C9H16N4O2S/c1-13-9(2-3-11-13)16(14,15)12-6-7-4-8(10)5-7/h2-3,7-8,12H,4-6,10H2,1H3. The minimum atomic E-state index is -3.43. The van der Waals surface area contributed by atoms with Gasteiger partial charge in [-0.3, -0.25) is 4.68 Å². The molecular formula is C9H16N4O2S. The molecule has 1 aliphatic rings. The molecule has 7 heteroatoms. The van der Waals surface area contributed by atoms with E-state index in [1.54, 1.807) is 7.05 Å². The van der Waals surface area contributed by atoms with Crippen molar-refractivity contribution in [2.75, 3.05) is 6.54 Å². The summed E-state index contributed by atoms with van der Waals surface area (Å²) in [5.41, 5.74) is 5.64. The van der Waals surface area contributed by atoms with E-state index in [2.05, 4.69) is 9.82 Å². The predicted octanol–water partition coefficient (Wildman–Crippen LogP) is -0.564. The van der Waals surface area contributed by atoms with Gasteiger partial charge in [0.1, 0.15) is 0 Å². The van der Waals surface area contributed by atoms with Crippen molar-refractivity contribution < 1.29 is 8.42 Å². The largest absolute Gasteiger partial charge is 0.328 e. The van der Waals surface area contributed by atoms with Crippen LogP contribution in [0.3, 0.4) is 0 Å². The number of aromatic nitrogens is 2. The summed E-state index contributed by atoms with van der Waals surface area (Å²) in [4.78, 5) is 0. The summed E-state index contributed by atoms with van der Waals surface area (Å²) >= 11 is 0. The van der Waals surface area contributed by atoms with Crippen LogP contribution in [0.4, 0.5) is 0 Å². The Morgan fingerprint density at radius 1 is 1.62 bits per heavy atom. The van der Waals surface area contributed by atoms with Crippen LogP contribution < -0.4 is 10.5 Å². The molecule has 0 aromatic carbocycles. The zero-order valence-electron chi connectivity index (χ0n) is 9.13.